The Morgan fingerprint density at radius 2 is 2.00 bits per heavy atom. The van der Waals surface area contributed by atoms with Crippen LogP contribution in [-0.2, 0) is 19.3 Å². The van der Waals surface area contributed by atoms with Gasteiger partial charge in [0.2, 0.25) is 0 Å². The van der Waals surface area contributed by atoms with E-state index in [1.54, 1.807) is 0 Å². The van der Waals surface area contributed by atoms with E-state index in [9.17, 15) is 4.79 Å². The van der Waals surface area contributed by atoms with Crippen LogP contribution in [0.5, 0.6) is 0 Å². The molecule has 0 aromatic heterocycles. The molecule has 78 valence electrons. The highest BCUT2D eigenvalue weighted by Gasteiger charge is 2.19. The van der Waals surface area contributed by atoms with Gasteiger partial charge in [-0.3, -0.25) is 4.89 Å². The lowest BCUT2D eigenvalue weighted by molar-refractivity contribution is -0.263. The molecule has 0 rings (SSSR count). The predicted molar refractivity (Wildman–Crippen MR) is 48.0 cm³/mol. The van der Waals surface area contributed by atoms with Crippen molar-refractivity contribution in [2.75, 3.05) is 14.2 Å². The van der Waals surface area contributed by atoms with Crippen LogP contribution in [0.15, 0.2) is 0 Å². The van der Waals surface area contributed by atoms with Gasteiger partial charge in [0.25, 0.3) is 0 Å². The first-order valence-electron chi connectivity index (χ1n) is 4.53. The Morgan fingerprint density at radius 1 is 1.31 bits per heavy atom. The molecule has 0 saturated heterocycles. The zero-order valence-electron chi connectivity index (χ0n) is 8.54. The maximum atomic E-state index is 11.1. The largest absolute Gasteiger partial charge is 0.370 e. The molecule has 0 spiro atoms. The molecule has 0 saturated carbocycles. The molecule has 13 heavy (non-hydrogen) atoms. The Kier molecular flexibility index (Phi) is 7.63. The van der Waals surface area contributed by atoms with Gasteiger partial charge in [-0.05, 0) is 6.42 Å². The summed E-state index contributed by atoms with van der Waals surface area (Å²) in [5.41, 5.74) is 0. The molecule has 1 unspecified atom stereocenters. The number of carbonyl (C=O) groups is 1. The lowest BCUT2D eigenvalue weighted by Crippen LogP contribution is -2.25. The summed E-state index contributed by atoms with van der Waals surface area (Å²) in [6.45, 7) is 2.11. The van der Waals surface area contributed by atoms with Gasteiger partial charge in [0.1, 0.15) is 0 Å². The topological polar surface area (TPSA) is 44.8 Å². The van der Waals surface area contributed by atoms with Crippen molar-refractivity contribution in [3.05, 3.63) is 0 Å². The highest BCUT2D eigenvalue weighted by Crippen LogP contribution is 2.07. The molecule has 4 nitrogen and oxygen atoms in total. The van der Waals surface area contributed by atoms with Crippen LogP contribution in [0.25, 0.3) is 0 Å². The normalized spacial score (nSPS) is 12.5. The Morgan fingerprint density at radius 3 is 2.46 bits per heavy atom. The zero-order chi connectivity index (χ0) is 10.1. The van der Waals surface area contributed by atoms with Gasteiger partial charge in [-0.1, -0.05) is 26.2 Å². The minimum Gasteiger partial charge on any atom is -0.370 e. The number of methoxy groups -OCH3 is 1. The number of ether oxygens (including phenoxy) is 1. The molecule has 0 aromatic rings. The molecule has 1 atom stereocenters. The zero-order valence-corrected chi connectivity index (χ0v) is 8.54. The third-order valence-electron chi connectivity index (χ3n) is 1.78. The quantitative estimate of drug-likeness (QED) is 0.348. The van der Waals surface area contributed by atoms with Crippen molar-refractivity contribution in [1.29, 1.82) is 0 Å². The van der Waals surface area contributed by atoms with E-state index in [0.717, 1.165) is 19.3 Å². The van der Waals surface area contributed by atoms with E-state index in [-0.39, 0.29) is 0 Å². The second-order valence-corrected chi connectivity index (χ2v) is 2.79. The van der Waals surface area contributed by atoms with Gasteiger partial charge in [-0.15, -0.1) is 0 Å². The maximum absolute atomic E-state index is 11.1. The Labute approximate surface area is 79.1 Å². The van der Waals surface area contributed by atoms with Gasteiger partial charge < -0.3 is 4.74 Å². The molecule has 4 heteroatoms. The van der Waals surface area contributed by atoms with Crippen molar-refractivity contribution < 1.29 is 19.3 Å². The van der Waals surface area contributed by atoms with Crippen molar-refractivity contribution in [2.24, 2.45) is 0 Å². The minimum atomic E-state index is -0.494. The SMILES string of the molecule is CCCCCC(OC)C(=O)OOC. The van der Waals surface area contributed by atoms with Crippen LogP contribution in [0.3, 0.4) is 0 Å². The van der Waals surface area contributed by atoms with Gasteiger partial charge in [0.15, 0.2) is 6.10 Å². The lowest BCUT2D eigenvalue weighted by Gasteiger charge is -2.11. The molecule has 0 aromatic carbocycles. The number of hydrogen-bond donors (Lipinski definition) is 0. The Bertz CT molecular complexity index is 136. The van der Waals surface area contributed by atoms with E-state index >= 15 is 0 Å². The van der Waals surface area contributed by atoms with E-state index in [1.807, 2.05) is 0 Å². The van der Waals surface area contributed by atoms with E-state index in [4.69, 9.17) is 4.74 Å². The van der Waals surface area contributed by atoms with Crippen molar-refractivity contribution in [1.82, 2.24) is 0 Å². The van der Waals surface area contributed by atoms with E-state index in [2.05, 4.69) is 16.7 Å². The van der Waals surface area contributed by atoms with Gasteiger partial charge >= 0.3 is 5.97 Å². The monoisotopic (exact) mass is 190 g/mol. The first kappa shape index (κ1) is 12.4. The second kappa shape index (κ2) is 8.01. The maximum Gasteiger partial charge on any atom is 0.370 e. The smallest absolute Gasteiger partial charge is 0.370 e. The summed E-state index contributed by atoms with van der Waals surface area (Å²) in [5, 5.41) is 0. The average molecular weight is 190 g/mol. The molecule has 0 aliphatic heterocycles. The number of rotatable bonds is 7. The molecule has 0 fully saturated rings. The van der Waals surface area contributed by atoms with E-state index < -0.39 is 12.1 Å². The molecule has 0 amide bonds. The summed E-state index contributed by atoms with van der Waals surface area (Å²) >= 11 is 0. The summed E-state index contributed by atoms with van der Waals surface area (Å²) in [6.07, 6.45) is 3.38. The van der Waals surface area contributed by atoms with Crippen LogP contribution < -0.4 is 0 Å². The third-order valence-corrected chi connectivity index (χ3v) is 1.78. The summed E-state index contributed by atoms with van der Waals surface area (Å²) in [4.78, 5) is 19.7. The summed E-state index contributed by atoms with van der Waals surface area (Å²) < 4.78 is 4.96. The van der Waals surface area contributed by atoms with Crippen LogP contribution in [0.4, 0.5) is 0 Å². The summed E-state index contributed by atoms with van der Waals surface area (Å²) in [7, 11) is 2.80. The summed E-state index contributed by atoms with van der Waals surface area (Å²) in [5.74, 6) is -0.457. The number of carbonyl (C=O) groups excluding carboxylic acids is 1. The van der Waals surface area contributed by atoms with E-state index in [1.165, 1.54) is 14.2 Å². The summed E-state index contributed by atoms with van der Waals surface area (Å²) in [6, 6.07) is 0. The molecule has 0 aliphatic carbocycles. The highest BCUT2D eigenvalue weighted by molar-refractivity contribution is 5.73. The molecule has 0 radical (unpaired) electrons. The molecular formula is C9H18O4. The predicted octanol–water partition coefficient (Wildman–Crippen LogP) is 1.69. The van der Waals surface area contributed by atoms with E-state index in [0.29, 0.717) is 6.42 Å². The fourth-order valence-electron chi connectivity index (χ4n) is 1.05. The molecule has 0 N–H and O–H groups in total. The van der Waals surface area contributed by atoms with Gasteiger partial charge in [0, 0.05) is 7.11 Å². The van der Waals surface area contributed by atoms with Crippen LogP contribution in [0.1, 0.15) is 32.6 Å². The third kappa shape index (κ3) is 5.60. The average Bonchev–Trinajstić information content (AvgIpc) is 2.13. The van der Waals surface area contributed by atoms with Gasteiger partial charge in [-0.25, -0.2) is 4.79 Å². The van der Waals surface area contributed by atoms with Crippen LogP contribution in [0, 0.1) is 0 Å². The molecular weight excluding hydrogens is 172 g/mol. The van der Waals surface area contributed by atoms with Crippen LogP contribution in [0.2, 0.25) is 0 Å². The fourth-order valence-corrected chi connectivity index (χ4v) is 1.05. The Balaban J connectivity index is 3.67. The van der Waals surface area contributed by atoms with Crippen molar-refractivity contribution in [3.8, 4) is 0 Å². The Hall–Kier alpha value is -0.610. The van der Waals surface area contributed by atoms with Crippen LogP contribution in [-0.4, -0.2) is 26.3 Å². The second-order valence-electron chi connectivity index (χ2n) is 2.79. The van der Waals surface area contributed by atoms with Crippen molar-refractivity contribution >= 4 is 5.97 Å². The molecule has 0 bridgehead atoms. The van der Waals surface area contributed by atoms with Gasteiger partial charge in [0.05, 0.1) is 7.11 Å². The van der Waals surface area contributed by atoms with Crippen molar-refractivity contribution in [3.63, 3.8) is 0 Å². The minimum absolute atomic E-state index is 0.457. The first-order valence-corrected chi connectivity index (χ1v) is 4.53. The number of unbranched alkanes of at least 4 members (excludes halogenated alkanes) is 2. The highest BCUT2D eigenvalue weighted by atomic mass is 17.2. The van der Waals surface area contributed by atoms with Crippen molar-refractivity contribution in [2.45, 2.75) is 38.7 Å². The standard InChI is InChI=1S/C9H18O4/c1-4-5-6-7-8(11-2)9(10)13-12-3/h8H,4-7H2,1-3H3. The molecule has 0 heterocycles. The first-order chi connectivity index (χ1) is 6.26. The number of hydrogen-bond acceptors (Lipinski definition) is 4. The van der Waals surface area contributed by atoms with Gasteiger partial charge in [-0.2, -0.15) is 4.89 Å². The fraction of sp³-hybridized carbons (Fsp3) is 0.889. The van der Waals surface area contributed by atoms with Crippen LogP contribution >= 0.6 is 0 Å². The molecule has 0 aliphatic rings. The lowest BCUT2D eigenvalue weighted by atomic mass is 10.1.